The molecule has 2 rings (SSSR count). The van der Waals surface area contributed by atoms with E-state index in [4.69, 9.17) is 0 Å². The van der Waals surface area contributed by atoms with Crippen molar-refractivity contribution in [3.8, 4) is 11.3 Å². The van der Waals surface area contributed by atoms with E-state index in [2.05, 4.69) is 36.2 Å². The zero-order valence-corrected chi connectivity index (χ0v) is 9.12. The van der Waals surface area contributed by atoms with E-state index in [0.29, 0.717) is 5.92 Å². The number of nitrogens with zero attached hydrogens (tertiary/aromatic N) is 1. The van der Waals surface area contributed by atoms with E-state index in [0.717, 1.165) is 23.4 Å². The fraction of sp³-hybridized carbons (Fsp3) is 0.308. The number of hydrogen-bond acceptors (Lipinski definition) is 1. The molecule has 2 aromatic rings. The number of rotatable bonds is 3. The molecule has 0 amide bonds. The molecular weight excluding hydrogens is 184 g/mol. The lowest BCUT2D eigenvalue weighted by Gasteiger charge is -1.98. The standard InChI is InChI=1S/C13H15N2/c1-10(2)8-12-9-13(15-14-12)11-6-4-3-5-7-11/h4-7,9-10H,8H2,1-2H3,(H,14,15). The van der Waals surface area contributed by atoms with Crippen LogP contribution in [0.15, 0.2) is 30.3 Å². The van der Waals surface area contributed by atoms with Gasteiger partial charge >= 0.3 is 0 Å². The monoisotopic (exact) mass is 199 g/mol. The maximum absolute atomic E-state index is 4.30. The lowest BCUT2D eigenvalue weighted by molar-refractivity contribution is 0.633. The van der Waals surface area contributed by atoms with Gasteiger partial charge in [-0.1, -0.05) is 38.1 Å². The van der Waals surface area contributed by atoms with Crippen molar-refractivity contribution in [3.05, 3.63) is 42.1 Å². The highest BCUT2D eigenvalue weighted by Gasteiger charge is 2.04. The highest BCUT2D eigenvalue weighted by atomic mass is 15.1. The molecule has 2 nitrogen and oxygen atoms in total. The number of aromatic amines is 1. The predicted octanol–water partition coefficient (Wildman–Crippen LogP) is 3.08. The van der Waals surface area contributed by atoms with Gasteiger partial charge in [0.2, 0.25) is 0 Å². The third-order valence-corrected chi connectivity index (χ3v) is 2.28. The molecule has 0 atom stereocenters. The fourth-order valence-corrected chi connectivity index (χ4v) is 1.60. The molecule has 0 aliphatic heterocycles. The molecule has 1 radical (unpaired) electrons. The van der Waals surface area contributed by atoms with Crippen LogP contribution in [0.2, 0.25) is 0 Å². The van der Waals surface area contributed by atoms with Gasteiger partial charge in [-0.3, -0.25) is 5.10 Å². The minimum atomic E-state index is 0.644. The summed E-state index contributed by atoms with van der Waals surface area (Å²) in [5.74, 6) is 0.644. The van der Waals surface area contributed by atoms with Crippen molar-refractivity contribution in [3.63, 3.8) is 0 Å². The summed E-state index contributed by atoms with van der Waals surface area (Å²) in [6.45, 7) is 4.40. The molecule has 1 N–H and O–H groups in total. The van der Waals surface area contributed by atoms with E-state index in [-0.39, 0.29) is 0 Å². The fourth-order valence-electron chi connectivity index (χ4n) is 1.60. The molecule has 0 saturated heterocycles. The summed E-state index contributed by atoms with van der Waals surface area (Å²) in [6.07, 6.45) is 1.02. The molecule has 0 spiro atoms. The molecule has 2 heteroatoms. The normalized spacial score (nSPS) is 10.9. The first-order valence-corrected chi connectivity index (χ1v) is 5.26. The SMILES string of the molecule is CC(C)Cc1cc(-c2cc[c]cc2)[nH]n1. The van der Waals surface area contributed by atoms with E-state index in [9.17, 15) is 0 Å². The van der Waals surface area contributed by atoms with Crippen LogP contribution in [-0.4, -0.2) is 10.2 Å². The van der Waals surface area contributed by atoms with Gasteiger partial charge in [-0.25, -0.2) is 0 Å². The molecule has 1 aromatic heterocycles. The Balaban J connectivity index is 2.21. The Morgan fingerprint density at radius 2 is 2.07 bits per heavy atom. The second-order valence-electron chi connectivity index (χ2n) is 4.16. The van der Waals surface area contributed by atoms with Gasteiger partial charge in [0, 0.05) is 0 Å². The molecule has 1 heterocycles. The lowest BCUT2D eigenvalue weighted by Crippen LogP contribution is -1.93. The smallest absolute Gasteiger partial charge is 0.0653 e. The number of H-pyrrole nitrogens is 1. The average Bonchev–Trinajstić information content (AvgIpc) is 2.67. The molecule has 1 aromatic carbocycles. The Kier molecular flexibility index (Phi) is 2.86. The van der Waals surface area contributed by atoms with Gasteiger partial charge in [0.1, 0.15) is 0 Å². The summed E-state index contributed by atoms with van der Waals surface area (Å²) >= 11 is 0. The quantitative estimate of drug-likeness (QED) is 0.808. The van der Waals surface area contributed by atoms with Crippen molar-refractivity contribution in [1.82, 2.24) is 10.2 Å². The minimum Gasteiger partial charge on any atom is -0.278 e. The van der Waals surface area contributed by atoms with E-state index < -0.39 is 0 Å². The average molecular weight is 199 g/mol. The van der Waals surface area contributed by atoms with Crippen LogP contribution in [0.5, 0.6) is 0 Å². The van der Waals surface area contributed by atoms with Gasteiger partial charge in [-0.05, 0) is 30.0 Å². The van der Waals surface area contributed by atoms with Gasteiger partial charge in [0.25, 0.3) is 0 Å². The summed E-state index contributed by atoms with van der Waals surface area (Å²) < 4.78 is 0. The van der Waals surface area contributed by atoms with Gasteiger partial charge in [-0.15, -0.1) is 0 Å². The van der Waals surface area contributed by atoms with Crippen LogP contribution in [0.4, 0.5) is 0 Å². The topological polar surface area (TPSA) is 28.7 Å². The number of aromatic nitrogens is 2. The first-order valence-electron chi connectivity index (χ1n) is 5.26. The molecule has 0 aliphatic carbocycles. The molecule has 15 heavy (non-hydrogen) atoms. The van der Waals surface area contributed by atoms with Gasteiger partial charge in [0.15, 0.2) is 0 Å². The van der Waals surface area contributed by atoms with Crippen LogP contribution < -0.4 is 0 Å². The summed E-state index contributed by atoms with van der Waals surface area (Å²) in [7, 11) is 0. The van der Waals surface area contributed by atoms with Crippen molar-refractivity contribution in [2.24, 2.45) is 5.92 Å². The second kappa shape index (κ2) is 4.30. The predicted molar refractivity (Wildman–Crippen MR) is 61.4 cm³/mol. The van der Waals surface area contributed by atoms with Crippen LogP contribution in [0.3, 0.4) is 0 Å². The zero-order valence-electron chi connectivity index (χ0n) is 9.12. The first kappa shape index (κ1) is 9.97. The number of nitrogens with one attached hydrogen (secondary N) is 1. The molecule has 77 valence electrons. The second-order valence-corrected chi connectivity index (χ2v) is 4.16. The number of hydrogen-bond donors (Lipinski definition) is 1. The van der Waals surface area contributed by atoms with Gasteiger partial charge in [0.05, 0.1) is 11.4 Å². The molecule has 0 bridgehead atoms. The third kappa shape index (κ3) is 2.46. The third-order valence-electron chi connectivity index (χ3n) is 2.28. The van der Waals surface area contributed by atoms with E-state index in [1.165, 1.54) is 0 Å². The Bertz CT molecular complexity index is 415. The highest BCUT2D eigenvalue weighted by molar-refractivity contribution is 5.58. The molecule has 0 fully saturated rings. The highest BCUT2D eigenvalue weighted by Crippen LogP contribution is 2.17. The van der Waals surface area contributed by atoms with Crippen LogP contribution in [0.1, 0.15) is 19.5 Å². The Morgan fingerprint density at radius 3 is 2.73 bits per heavy atom. The summed E-state index contributed by atoms with van der Waals surface area (Å²) in [6, 6.07) is 13.0. The molecule has 0 aliphatic rings. The Hall–Kier alpha value is -1.57. The van der Waals surface area contributed by atoms with Gasteiger partial charge < -0.3 is 0 Å². The van der Waals surface area contributed by atoms with Gasteiger partial charge in [-0.2, -0.15) is 5.10 Å². The summed E-state index contributed by atoms with van der Waals surface area (Å²) in [4.78, 5) is 0. The Morgan fingerprint density at radius 1 is 1.33 bits per heavy atom. The summed E-state index contributed by atoms with van der Waals surface area (Å²) in [5, 5.41) is 7.36. The maximum Gasteiger partial charge on any atom is 0.0653 e. The largest absolute Gasteiger partial charge is 0.278 e. The molecular formula is C13H15N2. The Labute approximate surface area is 90.3 Å². The van der Waals surface area contributed by atoms with Crippen LogP contribution in [-0.2, 0) is 6.42 Å². The molecule has 0 saturated carbocycles. The zero-order chi connectivity index (χ0) is 10.7. The lowest BCUT2D eigenvalue weighted by atomic mass is 10.1. The summed E-state index contributed by atoms with van der Waals surface area (Å²) in [5.41, 5.74) is 3.38. The maximum atomic E-state index is 4.30. The van der Waals surface area contributed by atoms with Crippen molar-refractivity contribution in [1.29, 1.82) is 0 Å². The van der Waals surface area contributed by atoms with Crippen LogP contribution in [0, 0.1) is 12.0 Å². The number of benzene rings is 1. The first-order chi connectivity index (χ1) is 7.25. The van der Waals surface area contributed by atoms with Crippen molar-refractivity contribution in [2.75, 3.05) is 0 Å². The van der Waals surface area contributed by atoms with E-state index in [1.54, 1.807) is 0 Å². The van der Waals surface area contributed by atoms with Crippen molar-refractivity contribution < 1.29 is 0 Å². The van der Waals surface area contributed by atoms with Crippen LogP contribution >= 0.6 is 0 Å². The molecule has 0 unspecified atom stereocenters. The van der Waals surface area contributed by atoms with E-state index in [1.807, 2.05) is 24.3 Å². The van der Waals surface area contributed by atoms with Crippen molar-refractivity contribution >= 4 is 0 Å². The van der Waals surface area contributed by atoms with E-state index >= 15 is 0 Å². The van der Waals surface area contributed by atoms with Crippen molar-refractivity contribution in [2.45, 2.75) is 20.3 Å². The van der Waals surface area contributed by atoms with Crippen LogP contribution in [0.25, 0.3) is 11.3 Å². The minimum absolute atomic E-state index is 0.644.